The zero-order valence-corrected chi connectivity index (χ0v) is 8.83. The van der Waals surface area contributed by atoms with E-state index in [9.17, 15) is 9.18 Å². The second-order valence-corrected chi connectivity index (χ2v) is 3.42. The minimum absolute atomic E-state index is 0.139. The van der Waals surface area contributed by atoms with Gasteiger partial charge in [-0.3, -0.25) is 4.79 Å². The van der Waals surface area contributed by atoms with Gasteiger partial charge < -0.3 is 11.1 Å². The Morgan fingerprint density at radius 1 is 1.69 bits per heavy atom. The van der Waals surface area contributed by atoms with Crippen molar-refractivity contribution in [2.24, 2.45) is 5.73 Å². The zero-order valence-electron chi connectivity index (χ0n) is 8.83. The number of nitriles is 1. The maximum atomic E-state index is 13.3. The fourth-order valence-electron chi connectivity index (χ4n) is 1.13. The van der Waals surface area contributed by atoms with E-state index in [2.05, 4.69) is 5.32 Å². The lowest BCUT2D eigenvalue weighted by Gasteiger charge is -2.11. The van der Waals surface area contributed by atoms with Crippen LogP contribution in [0.3, 0.4) is 0 Å². The van der Waals surface area contributed by atoms with E-state index >= 15 is 0 Å². The molecule has 0 heterocycles. The van der Waals surface area contributed by atoms with Crippen molar-refractivity contribution in [2.75, 3.05) is 6.54 Å². The molecule has 3 N–H and O–H groups in total. The van der Waals surface area contributed by atoms with Crippen LogP contribution in [-0.2, 0) is 0 Å². The number of benzene rings is 1. The Labute approximate surface area is 92.9 Å². The quantitative estimate of drug-likeness (QED) is 0.791. The normalized spacial score (nSPS) is 11.6. The highest BCUT2D eigenvalue weighted by Gasteiger charge is 2.14. The first-order chi connectivity index (χ1) is 7.58. The van der Waals surface area contributed by atoms with E-state index in [4.69, 9.17) is 11.0 Å². The minimum Gasteiger partial charge on any atom is -0.348 e. The van der Waals surface area contributed by atoms with Crippen LogP contribution in [0.4, 0.5) is 4.39 Å². The summed E-state index contributed by atoms with van der Waals surface area (Å²) in [6.07, 6.45) is 0. The molecule has 4 nitrogen and oxygen atoms in total. The number of nitrogens with zero attached hydrogens (tertiary/aromatic N) is 1. The van der Waals surface area contributed by atoms with Crippen LogP contribution in [0.25, 0.3) is 0 Å². The first-order valence-electron chi connectivity index (χ1n) is 4.79. The summed E-state index contributed by atoms with van der Waals surface area (Å²) in [7, 11) is 0. The highest BCUT2D eigenvalue weighted by Crippen LogP contribution is 2.10. The van der Waals surface area contributed by atoms with Crippen LogP contribution in [0.5, 0.6) is 0 Å². The van der Waals surface area contributed by atoms with Crippen molar-refractivity contribution in [1.29, 1.82) is 5.26 Å². The van der Waals surface area contributed by atoms with Gasteiger partial charge in [0.2, 0.25) is 0 Å². The molecule has 84 valence electrons. The first kappa shape index (κ1) is 12.1. The van der Waals surface area contributed by atoms with Crippen LogP contribution in [0.15, 0.2) is 18.2 Å². The molecule has 5 heteroatoms. The molecule has 0 unspecified atom stereocenters. The summed E-state index contributed by atoms with van der Waals surface area (Å²) in [6, 6.07) is 5.24. The molecule has 1 aromatic carbocycles. The van der Waals surface area contributed by atoms with E-state index in [0.717, 1.165) is 6.07 Å². The third kappa shape index (κ3) is 2.78. The Hall–Kier alpha value is -1.93. The van der Waals surface area contributed by atoms with Crippen molar-refractivity contribution in [3.63, 3.8) is 0 Å². The van der Waals surface area contributed by atoms with Crippen LogP contribution < -0.4 is 11.1 Å². The highest BCUT2D eigenvalue weighted by atomic mass is 19.1. The number of hydrogen-bond donors (Lipinski definition) is 2. The second kappa shape index (κ2) is 5.24. The average Bonchev–Trinajstić information content (AvgIpc) is 2.29. The fourth-order valence-corrected chi connectivity index (χ4v) is 1.13. The summed E-state index contributed by atoms with van der Waals surface area (Å²) in [5.74, 6) is -1.21. The van der Waals surface area contributed by atoms with E-state index in [1.54, 1.807) is 6.92 Å². The van der Waals surface area contributed by atoms with Crippen LogP contribution in [0.2, 0.25) is 0 Å². The van der Waals surface area contributed by atoms with Gasteiger partial charge in [-0.15, -0.1) is 0 Å². The summed E-state index contributed by atoms with van der Waals surface area (Å²) in [5, 5.41) is 11.2. The molecule has 0 fully saturated rings. The lowest BCUT2D eigenvalue weighted by molar-refractivity contribution is 0.0937. The molecule has 1 aromatic rings. The monoisotopic (exact) mass is 221 g/mol. The molecule has 1 amide bonds. The van der Waals surface area contributed by atoms with Crippen molar-refractivity contribution in [3.8, 4) is 6.07 Å². The molecule has 0 aliphatic heterocycles. The molecule has 0 radical (unpaired) electrons. The molecule has 1 rings (SSSR count). The number of amides is 1. The SMILES string of the molecule is C[C@@H](CN)NC(=O)c1cc(C#N)ccc1F. The van der Waals surface area contributed by atoms with Crippen molar-refractivity contribution < 1.29 is 9.18 Å². The Morgan fingerprint density at radius 2 is 2.38 bits per heavy atom. The summed E-state index contributed by atoms with van der Waals surface area (Å²) in [6.45, 7) is 1.98. The van der Waals surface area contributed by atoms with E-state index in [-0.39, 0.29) is 23.7 Å². The predicted molar refractivity (Wildman–Crippen MR) is 57.1 cm³/mol. The van der Waals surface area contributed by atoms with Gasteiger partial charge in [0, 0.05) is 12.6 Å². The van der Waals surface area contributed by atoms with Crippen LogP contribution in [-0.4, -0.2) is 18.5 Å². The molecule has 0 bridgehead atoms. The number of rotatable bonds is 3. The predicted octanol–water partition coefficient (Wildman–Crippen LogP) is 0.774. The summed E-state index contributed by atoms with van der Waals surface area (Å²) >= 11 is 0. The Bertz CT molecular complexity index is 439. The largest absolute Gasteiger partial charge is 0.348 e. The zero-order chi connectivity index (χ0) is 12.1. The third-order valence-corrected chi connectivity index (χ3v) is 2.07. The van der Waals surface area contributed by atoms with Gasteiger partial charge in [-0.1, -0.05) is 0 Å². The van der Waals surface area contributed by atoms with Gasteiger partial charge in [0.15, 0.2) is 0 Å². The van der Waals surface area contributed by atoms with Gasteiger partial charge >= 0.3 is 0 Å². The number of carbonyl (C=O) groups is 1. The lowest BCUT2D eigenvalue weighted by atomic mass is 10.1. The molecular weight excluding hydrogens is 209 g/mol. The van der Waals surface area contributed by atoms with Crippen molar-refractivity contribution in [3.05, 3.63) is 35.1 Å². The maximum Gasteiger partial charge on any atom is 0.254 e. The molecule has 0 aliphatic rings. The number of nitrogens with two attached hydrogens (primary N) is 1. The van der Waals surface area contributed by atoms with E-state index in [1.807, 2.05) is 6.07 Å². The fraction of sp³-hybridized carbons (Fsp3) is 0.273. The summed E-state index contributed by atoms with van der Waals surface area (Å²) < 4.78 is 13.3. The molecular formula is C11H12FN3O. The Kier molecular flexibility index (Phi) is 3.97. The lowest BCUT2D eigenvalue weighted by Crippen LogP contribution is -2.38. The third-order valence-electron chi connectivity index (χ3n) is 2.07. The first-order valence-corrected chi connectivity index (χ1v) is 4.79. The van der Waals surface area contributed by atoms with Gasteiger partial charge in [0.05, 0.1) is 17.2 Å². The van der Waals surface area contributed by atoms with Crippen molar-refractivity contribution >= 4 is 5.91 Å². The maximum absolute atomic E-state index is 13.3. The summed E-state index contributed by atoms with van der Waals surface area (Å²) in [5.41, 5.74) is 5.43. The number of carbonyl (C=O) groups excluding carboxylic acids is 1. The van der Waals surface area contributed by atoms with Crippen LogP contribution >= 0.6 is 0 Å². The van der Waals surface area contributed by atoms with Crippen LogP contribution in [0, 0.1) is 17.1 Å². The highest BCUT2D eigenvalue weighted by molar-refractivity contribution is 5.95. The molecule has 1 atom stereocenters. The van der Waals surface area contributed by atoms with E-state index in [1.165, 1.54) is 12.1 Å². The average molecular weight is 221 g/mol. The molecule has 0 saturated carbocycles. The van der Waals surface area contributed by atoms with E-state index in [0.29, 0.717) is 0 Å². The van der Waals surface area contributed by atoms with Crippen molar-refractivity contribution in [1.82, 2.24) is 5.32 Å². The van der Waals surface area contributed by atoms with Crippen molar-refractivity contribution in [2.45, 2.75) is 13.0 Å². The molecule has 0 spiro atoms. The van der Waals surface area contributed by atoms with E-state index < -0.39 is 11.7 Å². The Balaban J connectivity index is 2.95. The molecule has 0 saturated heterocycles. The Morgan fingerprint density at radius 3 is 2.94 bits per heavy atom. The molecule has 0 aromatic heterocycles. The van der Waals surface area contributed by atoms with Crippen LogP contribution in [0.1, 0.15) is 22.8 Å². The smallest absolute Gasteiger partial charge is 0.254 e. The molecule has 0 aliphatic carbocycles. The molecule has 16 heavy (non-hydrogen) atoms. The number of hydrogen-bond acceptors (Lipinski definition) is 3. The number of halogens is 1. The second-order valence-electron chi connectivity index (χ2n) is 3.42. The topological polar surface area (TPSA) is 78.9 Å². The van der Waals surface area contributed by atoms with Gasteiger partial charge in [0.25, 0.3) is 5.91 Å². The van der Waals surface area contributed by atoms with Gasteiger partial charge in [0.1, 0.15) is 5.82 Å². The number of nitrogens with one attached hydrogen (secondary N) is 1. The summed E-state index contributed by atoms with van der Waals surface area (Å²) in [4.78, 5) is 11.6. The van der Waals surface area contributed by atoms with Gasteiger partial charge in [-0.05, 0) is 25.1 Å². The van der Waals surface area contributed by atoms with Gasteiger partial charge in [-0.2, -0.15) is 5.26 Å². The van der Waals surface area contributed by atoms with Gasteiger partial charge in [-0.25, -0.2) is 4.39 Å². The standard InChI is InChI=1S/C11H12FN3O/c1-7(5-13)15-11(16)9-4-8(6-14)2-3-10(9)12/h2-4,7H,5,13H2,1H3,(H,15,16)/t7-/m0/s1. The minimum atomic E-state index is -0.652.